The third-order valence-electron chi connectivity index (χ3n) is 2.73. The Kier molecular flexibility index (Phi) is 3.29. The van der Waals surface area contributed by atoms with Crippen LogP contribution in [0.4, 0.5) is 0 Å². The Morgan fingerprint density at radius 3 is 2.60 bits per heavy atom. The molecule has 1 aliphatic rings. The van der Waals surface area contributed by atoms with Gasteiger partial charge in [0.25, 0.3) is 0 Å². The van der Waals surface area contributed by atoms with Gasteiger partial charge in [0.05, 0.1) is 6.04 Å². The number of hydrazine groups is 1. The average Bonchev–Trinajstić information content (AvgIpc) is 2.80. The molecule has 4 heteroatoms. The molecule has 0 saturated heterocycles. The number of hydrogen-bond donors (Lipinski definition) is 2. The quantitative estimate of drug-likeness (QED) is 0.330. The van der Waals surface area contributed by atoms with Crippen LogP contribution < -0.4 is 11.3 Å². The van der Waals surface area contributed by atoms with Gasteiger partial charge in [-0.1, -0.05) is 12.8 Å². The molecule has 4 nitrogen and oxygen atoms in total. The van der Waals surface area contributed by atoms with Crippen LogP contribution in [0.25, 0.3) is 0 Å². The molecule has 0 unspecified atom stereocenters. The van der Waals surface area contributed by atoms with E-state index in [2.05, 4.69) is 15.4 Å². The zero-order valence-electron chi connectivity index (χ0n) is 8.69. The molecular formula is C11H16N4. The van der Waals surface area contributed by atoms with Crippen molar-refractivity contribution in [2.75, 3.05) is 0 Å². The van der Waals surface area contributed by atoms with Crippen LogP contribution in [0.2, 0.25) is 0 Å². The Morgan fingerprint density at radius 1 is 1.33 bits per heavy atom. The smallest absolute Gasteiger partial charge is 0.142 e. The maximum Gasteiger partial charge on any atom is 0.142 e. The van der Waals surface area contributed by atoms with Gasteiger partial charge in [-0.2, -0.15) is 0 Å². The Balaban J connectivity index is 2.16. The molecule has 3 N–H and O–H groups in total. The Hall–Kier alpha value is -1.42. The molecule has 0 bridgehead atoms. The predicted octanol–water partition coefficient (Wildman–Crippen LogP) is 1.23. The van der Waals surface area contributed by atoms with Crippen molar-refractivity contribution in [1.82, 2.24) is 10.4 Å². The van der Waals surface area contributed by atoms with Crippen molar-refractivity contribution in [3.8, 4) is 0 Å². The van der Waals surface area contributed by atoms with Crippen molar-refractivity contribution in [2.24, 2.45) is 10.8 Å². The lowest BCUT2D eigenvalue weighted by Crippen LogP contribution is -2.32. The van der Waals surface area contributed by atoms with E-state index in [-0.39, 0.29) is 0 Å². The van der Waals surface area contributed by atoms with Gasteiger partial charge in [-0.3, -0.25) is 9.98 Å². The van der Waals surface area contributed by atoms with Crippen molar-refractivity contribution < 1.29 is 0 Å². The van der Waals surface area contributed by atoms with Crippen LogP contribution in [-0.4, -0.2) is 16.9 Å². The van der Waals surface area contributed by atoms with Crippen LogP contribution in [0.1, 0.15) is 31.2 Å². The molecule has 0 radical (unpaired) electrons. The average molecular weight is 204 g/mol. The predicted molar refractivity (Wildman–Crippen MR) is 60.4 cm³/mol. The van der Waals surface area contributed by atoms with E-state index in [0.29, 0.717) is 6.04 Å². The lowest BCUT2D eigenvalue weighted by molar-refractivity contribution is 0.700. The molecule has 0 spiro atoms. The fourth-order valence-electron chi connectivity index (χ4n) is 1.92. The van der Waals surface area contributed by atoms with Gasteiger partial charge in [-0.15, -0.1) is 0 Å². The number of rotatable bonds is 2. The minimum absolute atomic E-state index is 0.434. The molecule has 1 aliphatic carbocycles. The van der Waals surface area contributed by atoms with Crippen molar-refractivity contribution in [3.05, 3.63) is 30.1 Å². The maximum absolute atomic E-state index is 5.48. The molecule has 1 aromatic heterocycles. The Labute approximate surface area is 89.6 Å². The Bertz CT molecular complexity index is 328. The molecule has 1 heterocycles. The summed E-state index contributed by atoms with van der Waals surface area (Å²) in [5, 5.41) is 0. The zero-order chi connectivity index (χ0) is 10.5. The first-order valence-corrected chi connectivity index (χ1v) is 5.35. The minimum atomic E-state index is 0.434. The van der Waals surface area contributed by atoms with Gasteiger partial charge in [0, 0.05) is 18.0 Å². The second kappa shape index (κ2) is 4.89. The van der Waals surface area contributed by atoms with Gasteiger partial charge in [0.1, 0.15) is 5.84 Å². The van der Waals surface area contributed by atoms with E-state index in [4.69, 9.17) is 5.84 Å². The van der Waals surface area contributed by atoms with E-state index in [1.807, 2.05) is 12.1 Å². The molecular weight excluding hydrogens is 188 g/mol. The number of pyridine rings is 1. The lowest BCUT2D eigenvalue weighted by atomic mass is 10.2. The minimum Gasteiger partial charge on any atom is -0.308 e. The third kappa shape index (κ3) is 2.53. The summed E-state index contributed by atoms with van der Waals surface area (Å²) in [5.74, 6) is 6.25. The lowest BCUT2D eigenvalue weighted by Gasteiger charge is -2.09. The number of nitrogens with one attached hydrogen (secondary N) is 1. The standard InChI is InChI=1S/C11H16N4/c12-15-11(9-5-7-13-8-6-9)14-10-3-1-2-4-10/h5-8,10H,1-4,12H2,(H,14,15). The van der Waals surface area contributed by atoms with Crippen molar-refractivity contribution in [3.63, 3.8) is 0 Å². The summed E-state index contributed by atoms with van der Waals surface area (Å²) in [6.07, 6.45) is 8.41. The summed E-state index contributed by atoms with van der Waals surface area (Å²) in [6.45, 7) is 0. The van der Waals surface area contributed by atoms with E-state index >= 15 is 0 Å². The number of nitrogens with zero attached hydrogens (tertiary/aromatic N) is 2. The second-order valence-corrected chi connectivity index (χ2v) is 3.80. The summed E-state index contributed by atoms with van der Waals surface area (Å²) in [6, 6.07) is 4.26. The van der Waals surface area contributed by atoms with Gasteiger partial charge in [-0.05, 0) is 25.0 Å². The SMILES string of the molecule is NNC(=NC1CCCC1)c1ccncc1. The number of hydrogen-bond acceptors (Lipinski definition) is 3. The van der Waals surface area contributed by atoms with Gasteiger partial charge in [-0.25, -0.2) is 5.84 Å². The molecule has 1 saturated carbocycles. The third-order valence-corrected chi connectivity index (χ3v) is 2.73. The highest BCUT2D eigenvalue weighted by Crippen LogP contribution is 2.21. The molecule has 15 heavy (non-hydrogen) atoms. The summed E-state index contributed by atoms with van der Waals surface area (Å²) in [4.78, 5) is 8.59. The van der Waals surface area contributed by atoms with Crippen LogP contribution in [0.15, 0.2) is 29.5 Å². The second-order valence-electron chi connectivity index (χ2n) is 3.80. The van der Waals surface area contributed by atoms with E-state index in [9.17, 15) is 0 Å². The highest BCUT2D eigenvalue weighted by molar-refractivity contribution is 5.98. The first kappa shape index (κ1) is 10.1. The molecule has 0 amide bonds. The van der Waals surface area contributed by atoms with Crippen molar-refractivity contribution in [2.45, 2.75) is 31.7 Å². The first-order valence-electron chi connectivity index (χ1n) is 5.35. The van der Waals surface area contributed by atoms with Crippen LogP contribution >= 0.6 is 0 Å². The number of amidine groups is 1. The monoisotopic (exact) mass is 204 g/mol. The summed E-state index contributed by atoms with van der Waals surface area (Å²) in [7, 11) is 0. The Morgan fingerprint density at radius 2 is 2.00 bits per heavy atom. The summed E-state index contributed by atoms with van der Waals surface area (Å²) >= 11 is 0. The topological polar surface area (TPSA) is 63.3 Å². The number of nitrogens with two attached hydrogens (primary N) is 1. The largest absolute Gasteiger partial charge is 0.308 e. The molecule has 0 aliphatic heterocycles. The van der Waals surface area contributed by atoms with Crippen molar-refractivity contribution in [1.29, 1.82) is 0 Å². The van der Waals surface area contributed by atoms with Crippen LogP contribution in [0.3, 0.4) is 0 Å². The van der Waals surface area contributed by atoms with E-state index in [1.54, 1.807) is 12.4 Å². The van der Waals surface area contributed by atoms with Crippen molar-refractivity contribution >= 4 is 5.84 Å². The van der Waals surface area contributed by atoms with Crippen LogP contribution in [0.5, 0.6) is 0 Å². The number of aliphatic imine (C=N–C) groups is 1. The summed E-state index contributed by atoms with van der Waals surface area (Å²) in [5.41, 5.74) is 3.67. The van der Waals surface area contributed by atoms with Gasteiger partial charge in [0.2, 0.25) is 0 Å². The van der Waals surface area contributed by atoms with Gasteiger partial charge < -0.3 is 5.43 Å². The molecule has 2 rings (SSSR count). The van der Waals surface area contributed by atoms with Gasteiger partial charge in [0.15, 0.2) is 0 Å². The molecule has 1 aromatic rings. The maximum atomic E-state index is 5.48. The normalized spacial score (nSPS) is 18.1. The molecule has 80 valence electrons. The fraction of sp³-hybridized carbons (Fsp3) is 0.455. The fourth-order valence-corrected chi connectivity index (χ4v) is 1.92. The molecule has 0 atom stereocenters. The van der Waals surface area contributed by atoms with E-state index < -0.39 is 0 Å². The molecule has 0 aromatic carbocycles. The van der Waals surface area contributed by atoms with E-state index in [0.717, 1.165) is 11.4 Å². The highest BCUT2D eigenvalue weighted by atomic mass is 15.3. The van der Waals surface area contributed by atoms with Crippen LogP contribution in [0, 0.1) is 0 Å². The number of aromatic nitrogens is 1. The molecule has 1 fully saturated rings. The highest BCUT2D eigenvalue weighted by Gasteiger charge is 2.14. The van der Waals surface area contributed by atoms with E-state index in [1.165, 1.54) is 25.7 Å². The summed E-state index contributed by atoms with van der Waals surface area (Å²) < 4.78 is 0. The first-order chi connectivity index (χ1) is 7.40. The zero-order valence-corrected chi connectivity index (χ0v) is 8.69. The van der Waals surface area contributed by atoms with Crippen LogP contribution in [-0.2, 0) is 0 Å². The van der Waals surface area contributed by atoms with Gasteiger partial charge >= 0.3 is 0 Å².